The van der Waals surface area contributed by atoms with E-state index in [4.69, 9.17) is 18.9 Å². The quantitative estimate of drug-likeness (QED) is 0.872. The second-order valence-electron chi connectivity index (χ2n) is 4.82. The Morgan fingerprint density at radius 3 is 2.74 bits per heavy atom. The summed E-state index contributed by atoms with van der Waals surface area (Å²) in [6, 6.07) is 9.70. The van der Waals surface area contributed by atoms with Crippen molar-refractivity contribution < 1.29 is 24.1 Å². The Morgan fingerprint density at radius 2 is 2.00 bits per heavy atom. The Labute approximate surface area is 112 Å². The summed E-state index contributed by atoms with van der Waals surface area (Å²) < 4.78 is 22.3. The largest absolute Gasteiger partial charge is 0.390 e. The number of ether oxygens (including phenoxy) is 4. The van der Waals surface area contributed by atoms with Crippen molar-refractivity contribution in [3.63, 3.8) is 0 Å². The van der Waals surface area contributed by atoms with Gasteiger partial charge in [-0.1, -0.05) is 30.3 Å². The minimum absolute atomic E-state index is 0.284. The minimum Gasteiger partial charge on any atom is -0.390 e. The molecule has 3 rings (SSSR count). The lowest BCUT2D eigenvalue weighted by Gasteiger charge is -2.43. The Hall–Kier alpha value is -0.980. The third kappa shape index (κ3) is 2.66. The first kappa shape index (κ1) is 13.0. The van der Waals surface area contributed by atoms with Crippen molar-refractivity contribution >= 4 is 0 Å². The third-order valence-electron chi connectivity index (χ3n) is 3.53. The van der Waals surface area contributed by atoms with Crippen molar-refractivity contribution in [3.05, 3.63) is 35.9 Å². The van der Waals surface area contributed by atoms with Crippen molar-refractivity contribution in [2.75, 3.05) is 13.7 Å². The van der Waals surface area contributed by atoms with E-state index >= 15 is 0 Å². The van der Waals surface area contributed by atoms with Gasteiger partial charge in [-0.2, -0.15) is 0 Å². The lowest BCUT2D eigenvalue weighted by Crippen LogP contribution is -2.55. The molecule has 5 atom stereocenters. The van der Waals surface area contributed by atoms with E-state index in [0.29, 0.717) is 13.0 Å². The average molecular weight is 266 g/mol. The highest BCUT2D eigenvalue weighted by molar-refractivity contribution is 5.16. The third-order valence-corrected chi connectivity index (χ3v) is 3.53. The molecule has 2 saturated heterocycles. The summed E-state index contributed by atoms with van der Waals surface area (Å²) in [6.45, 7) is 0.390. The normalized spacial score (nSPS) is 38.7. The first-order valence-electron chi connectivity index (χ1n) is 6.46. The maximum Gasteiger partial charge on any atom is 0.184 e. The van der Waals surface area contributed by atoms with Gasteiger partial charge in [0.15, 0.2) is 12.6 Å². The molecular formula is C14H18O5. The van der Waals surface area contributed by atoms with Gasteiger partial charge < -0.3 is 24.1 Å². The van der Waals surface area contributed by atoms with Crippen LogP contribution in [0.3, 0.4) is 0 Å². The molecule has 0 unspecified atom stereocenters. The predicted molar refractivity (Wildman–Crippen MR) is 66.3 cm³/mol. The van der Waals surface area contributed by atoms with Gasteiger partial charge in [0.05, 0.1) is 12.7 Å². The fourth-order valence-electron chi connectivity index (χ4n) is 2.52. The summed E-state index contributed by atoms with van der Waals surface area (Å²) in [5.41, 5.74) is 0.946. The lowest BCUT2D eigenvalue weighted by molar-refractivity contribution is -0.334. The fraction of sp³-hybridized carbons (Fsp3) is 0.571. The van der Waals surface area contributed by atoms with E-state index in [2.05, 4.69) is 0 Å². The van der Waals surface area contributed by atoms with E-state index < -0.39 is 18.7 Å². The van der Waals surface area contributed by atoms with Gasteiger partial charge >= 0.3 is 0 Å². The van der Waals surface area contributed by atoms with E-state index in [9.17, 15) is 5.11 Å². The number of fused-ring (bicyclic) bond motifs is 1. The molecule has 19 heavy (non-hydrogen) atoms. The van der Waals surface area contributed by atoms with Crippen LogP contribution in [0.25, 0.3) is 0 Å². The topological polar surface area (TPSA) is 57.2 Å². The summed E-state index contributed by atoms with van der Waals surface area (Å²) in [6.07, 6.45) is -1.67. The number of benzene rings is 1. The molecule has 0 aliphatic carbocycles. The van der Waals surface area contributed by atoms with Crippen LogP contribution < -0.4 is 0 Å². The smallest absolute Gasteiger partial charge is 0.184 e. The van der Waals surface area contributed by atoms with Crippen LogP contribution in [0, 0.1) is 0 Å². The summed E-state index contributed by atoms with van der Waals surface area (Å²) in [5.74, 6) is 0. The van der Waals surface area contributed by atoms with E-state index in [-0.39, 0.29) is 12.2 Å². The van der Waals surface area contributed by atoms with Crippen LogP contribution in [0.15, 0.2) is 30.3 Å². The van der Waals surface area contributed by atoms with Crippen molar-refractivity contribution in [1.29, 1.82) is 0 Å². The van der Waals surface area contributed by atoms with Crippen LogP contribution in [-0.4, -0.2) is 43.4 Å². The van der Waals surface area contributed by atoms with E-state index in [1.165, 1.54) is 0 Å². The van der Waals surface area contributed by atoms with Crippen molar-refractivity contribution in [2.45, 2.75) is 37.3 Å². The summed E-state index contributed by atoms with van der Waals surface area (Å²) in [7, 11) is 1.56. The molecular weight excluding hydrogens is 248 g/mol. The number of aliphatic hydroxyl groups is 1. The second kappa shape index (κ2) is 5.56. The molecule has 0 bridgehead atoms. The highest BCUT2D eigenvalue weighted by atomic mass is 16.7. The molecule has 1 N–H and O–H groups in total. The lowest BCUT2D eigenvalue weighted by atomic mass is 10.0. The molecule has 0 saturated carbocycles. The molecule has 5 heteroatoms. The minimum atomic E-state index is -0.598. The average Bonchev–Trinajstić information content (AvgIpc) is 2.47. The number of rotatable bonds is 2. The monoisotopic (exact) mass is 266 g/mol. The van der Waals surface area contributed by atoms with Gasteiger partial charge in [0.1, 0.15) is 12.2 Å². The zero-order valence-electron chi connectivity index (χ0n) is 10.8. The first-order valence-corrected chi connectivity index (χ1v) is 6.46. The van der Waals surface area contributed by atoms with Crippen LogP contribution in [0.4, 0.5) is 0 Å². The molecule has 2 fully saturated rings. The van der Waals surface area contributed by atoms with E-state index in [0.717, 1.165) is 5.56 Å². The van der Waals surface area contributed by atoms with Gasteiger partial charge in [0, 0.05) is 19.1 Å². The summed E-state index contributed by atoms with van der Waals surface area (Å²) in [5, 5.41) is 10.1. The second-order valence-corrected chi connectivity index (χ2v) is 4.82. The Morgan fingerprint density at radius 1 is 1.21 bits per heavy atom. The van der Waals surface area contributed by atoms with Crippen LogP contribution in [-0.2, 0) is 18.9 Å². The first-order chi connectivity index (χ1) is 9.28. The molecule has 2 aliphatic rings. The van der Waals surface area contributed by atoms with Gasteiger partial charge in [0.2, 0.25) is 0 Å². The van der Waals surface area contributed by atoms with Gasteiger partial charge in [-0.15, -0.1) is 0 Å². The number of hydrogen-bond acceptors (Lipinski definition) is 5. The van der Waals surface area contributed by atoms with Crippen molar-refractivity contribution in [3.8, 4) is 0 Å². The predicted octanol–water partition coefficient (Wildman–Crippen LogP) is 1.22. The van der Waals surface area contributed by atoms with Gasteiger partial charge in [-0.25, -0.2) is 0 Å². The van der Waals surface area contributed by atoms with Gasteiger partial charge in [0.25, 0.3) is 0 Å². The highest BCUT2D eigenvalue weighted by Gasteiger charge is 2.43. The van der Waals surface area contributed by atoms with Crippen molar-refractivity contribution in [2.24, 2.45) is 0 Å². The molecule has 0 amide bonds. The van der Waals surface area contributed by atoms with Crippen LogP contribution >= 0.6 is 0 Å². The molecule has 0 radical (unpaired) electrons. The zero-order valence-corrected chi connectivity index (χ0v) is 10.8. The summed E-state index contributed by atoms with van der Waals surface area (Å²) in [4.78, 5) is 0. The maximum atomic E-state index is 10.1. The van der Waals surface area contributed by atoms with E-state index in [1.54, 1.807) is 7.11 Å². The van der Waals surface area contributed by atoms with Crippen LogP contribution in [0.2, 0.25) is 0 Å². The highest BCUT2D eigenvalue weighted by Crippen LogP contribution is 2.33. The molecule has 5 nitrogen and oxygen atoms in total. The molecule has 104 valence electrons. The fourth-order valence-corrected chi connectivity index (χ4v) is 2.52. The maximum absolute atomic E-state index is 10.1. The molecule has 2 aliphatic heterocycles. The van der Waals surface area contributed by atoms with Crippen LogP contribution in [0.5, 0.6) is 0 Å². The number of hydrogen-bond donors (Lipinski definition) is 1. The standard InChI is InChI=1S/C14H18O5/c1-16-12-7-10(15)13-11(18-12)8-17-14(19-13)9-5-3-2-4-6-9/h2-6,10-15H,7-8H2,1H3/t10-,11-,12+,13+,14-/m1/s1. The van der Waals surface area contributed by atoms with Crippen molar-refractivity contribution in [1.82, 2.24) is 0 Å². The van der Waals surface area contributed by atoms with Gasteiger partial charge in [-0.05, 0) is 0 Å². The summed E-state index contributed by atoms with van der Waals surface area (Å²) >= 11 is 0. The van der Waals surface area contributed by atoms with Crippen LogP contribution in [0.1, 0.15) is 18.3 Å². The molecule has 1 aromatic carbocycles. The van der Waals surface area contributed by atoms with Gasteiger partial charge in [-0.3, -0.25) is 0 Å². The molecule has 0 spiro atoms. The Balaban J connectivity index is 1.70. The van der Waals surface area contributed by atoms with E-state index in [1.807, 2.05) is 30.3 Å². The Kier molecular flexibility index (Phi) is 3.81. The number of aliphatic hydroxyl groups excluding tert-OH is 1. The molecule has 1 aromatic rings. The molecule has 0 aromatic heterocycles. The molecule has 2 heterocycles. The number of methoxy groups -OCH3 is 1. The SMILES string of the molecule is CO[C@@H]1C[C@@H](O)[C@@H]2O[C@H](c3ccccc3)OC[C@H]2O1. The Bertz CT molecular complexity index is 410. The zero-order chi connectivity index (χ0) is 13.2.